The summed E-state index contributed by atoms with van der Waals surface area (Å²) in [4.78, 5) is 0. The lowest BCUT2D eigenvalue weighted by molar-refractivity contribution is -0.0441. The highest BCUT2D eigenvalue weighted by Gasteiger charge is 2.28. The lowest BCUT2D eigenvalue weighted by atomic mass is 10.0. The Bertz CT molecular complexity index is 314. The van der Waals surface area contributed by atoms with E-state index in [2.05, 4.69) is 27.7 Å². The molecule has 2 nitrogen and oxygen atoms in total. The van der Waals surface area contributed by atoms with Crippen LogP contribution in [0.2, 0.25) is 11.1 Å². The lowest BCUT2D eigenvalue weighted by Gasteiger charge is -2.31. The number of unbranched alkanes of at least 4 members (excludes halogenated alkanes) is 15. The van der Waals surface area contributed by atoms with E-state index in [1.807, 2.05) is 6.92 Å². The third-order valence-electron chi connectivity index (χ3n) is 5.97. The largest absolute Gasteiger partial charge is 0.395 e. The van der Waals surface area contributed by atoms with Crippen LogP contribution in [0.5, 0.6) is 0 Å². The maximum absolute atomic E-state index is 6.20. The van der Waals surface area contributed by atoms with Crippen molar-refractivity contribution >= 4 is 9.04 Å². The quantitative estimate of drug-likeness (QED) is 0.112. The fourth-order valence-electron chi connectivity index (χ4n) is 3.87. The fourth-order valence-corrected chi connectivity index (χ4v) is 6.51. The van der Waals surface area contributed by atoms with Crippen LogP contribution in [-0.2, 0) is 9.16 Å². The molecule has 0 fully saturated rings. The van der Waals surface area contributed by atoms with Gasteiger partial charge in [0.05, 0.1) is 0 Å². The monoisotopic (exact) mass is 414 g/mol. The lowest BCUT2D eigenvalue weighted by Crippen LogP contribution is -2.33. The zero-order valence-corrected chi connectivity index (χ0v) is 21.6. The van der Waals surface area contributed by atoms with Gasteiger partial charge in [0.25, 0.3) is 0 Å². The van der Waals surface area contributed by atoms with Crippen LogP contribution in [0.25, 0.3) is 0 Å². The van der Waals surface area contributed by atoms with Crippen molar-refractivity contribution in [3.8, 4) is 0 Å². The van der Waals surface area contributed by atoms with Crippen molar-refractivity contribution in [2.24, 2.45) is 0 Å². The van der Waals surface area contributed by atoms with Crippen LogP contribution in [-0.4, -0.2) is 22.4 Å². The average Bonchev–Trinajstić information content (AvgIpc) is 2.65. The van der Waals surface area contributed by atoms with E-state index < -0.39 is 9.04 Å². The molecule has 0 bridgehead atoms. The van der Waals surface area contributed by atoms with E-state index in [1.54, 1.807) is 7.11 Å². The van der Waals surface area contributed by atoms with Gasteiger partial charge in [0.2, 0.25) is 0 Å². The number of methoxy groups -OCH3 is 1. The molecule has 0 aromatic carbocycles. The molecular weight excluding hydrogens is 360 g/mol. The molecule has 0 N–H and O–H groups in total. The summed E-state index contributed by atoms with van der Waals surface area (Å²) in [6.45, 7) is 11.3. The van der Waals surface area contributed by atoms with Crippen molar-refractivity contribution in [1.82, 2.24) is 0 Å². The van der Waals surface area contributed by atoms with Crippen molar-refractivity contribution in [2.45, 2.75) is 155 Å². The predicted octanol–water partition coefficient (Wildman–Crippen LogP) is 8.78. The van der Waals surface area contributed by atoms with Gasteiger partial charge in [-0.15, -0.1) is 0 Å². The summed E-state index contributed by atoms with van der Waals surface area (Å²) in [6.07, 6.45) is 22.9. The highest BCUT2D eigenvalue weighted by atomic mass is 28.3. The Balaban J connectivity index is 3.42. The van der Waals surface area contributed by atoms with Gasteiger partial charge in [0.1, 0.15) is 6.29 Å². The molecule has 2 unspecified atom stereocenters. The average molecular weight is 415 g/mol. The van der Waals surface area contributed by atoms with Crippen LogP contribution in [0.15, 0.2) is 0 Å². The minimum atomic E-state index is -1.22. The molecule has 0 radical (unpaired) electrons. The van der Waals surface area contributed by atoms with Gasteiger partial charge in [-0.3, -0.25) is 0 Å². The molecule has 2 atom stereocenters. The first-order valence-corrected chi connectivity index (χ1v) is 14.5. The van der Waals surface area contributed by atoms with Crippen LogP contribution in [0, 0.1) is 0 Å². The summed E-state index contributed by atoms with van der Waals surface area (Å²) in [5, 5.41) is 0.322. The Hall–Kier alpha value is 0.137. The Morgan fingerprint density at radius 3 is 1.32 bits per heavy atom. The molecule has 0 aliphatic heterocycles. The molecule has 0 aromatic rings. The first-order valence-electron chi connectivity index (χ1n) is 12.6. The maximum atomic E-state index is 6.20. The second kappa shape index (κ2) is 19.1. The van der Waals surface area contributed by atoms with E-state index in [0.717, 1.165) is 0 Å². The third kappa shape index (κ3) is 18.2. The molecule has 28 heavy (non-hydrogen) atoms. The molecule has 0 amide bonds. The van der Waals surface area contributed by atoms with E-state index in [4.69, 9.17) is 9.16 Å². The highest BCUT2D eigenvalue weighted by Crippen LogP contribution is 2.32. The van der Waals surface area contributed by atoms with Crippen LogP contribution >= 0.6 is 0 Å². The molecule has 3 heteroatoms. The second-order valence-electron chi connectivity index (χ2n) is 9.89. The number of rotatable bonds is 20. The summed E-state index contributed by atoms with van der Waals surface area (Å²) in [5.41, 5.74) is 0. The zero-order valence-electron chi connectivity index (χ0n) is 20.5. The molecule has 0 aliphatic rings. The van der Waals surface area contributed by atoms with Crippen molar-refractivity contribution < 1.29 is 9.16 Å². The standard InChI is InChI=1S/C25H54O2Si/c1-7-8-9-10-11-12-13-14-15-16-17-18-19-20-21-22-23-28(25(3,4)5)27-24(2)26-6/h24,28H,7-23H2,1-6H3. The van der Waals surface area contributed by atoms with Gasteiger partial charge < -0.3 is 9.16 Å². The van der Waals surface area contributed by atoms with Gasteiger partial charge in [-0.2, -0.15) is 0 Å². The first-order chi connectivity index (χ1) is 13.4. The molecule has 0 saturated heterocycles. The van der Waals surface area contributed by atoms with Gasteiger partial charge in [-0.05, 0) is 18.0 Å². The van der Waals surface area contributed by atoms with Crippen LogP contribution in [0.3, 0.4) is 0 Å². The van der Waals surface area contributed by atoms with Gasteiger partial charge in [0, 0.05) is 7.11 Å². The van der Waals surface area contributed by atoms with E-state index >= 15 is 0 Å². The smallest absolute Gasteiger partial charge is 0.185 e. The summed E-state index contributed by atoms with van der Waals surface area (Å²) in [6, 6.07) is 1.29. The Morgan fingerprint density at radius 2 is 1.00 bits per heavy atom. The number of hydrogen-bond donors (Lipinski definition) is 0. The third-order valence-corrected chi connectivity index (χ3v) is 9.55. The summed E-state index contributed by atoms with van der Waals surface area (Å²) < 4.78 is 11.5. The minimum Gasteiger partial charge on any atom is -0.395 e. The van der Waals surface area contributed by atoms with E-state index in [9.17, 15) is 0 Å². The number of hydrogen-bond acceptors (Lipinski definition) is 2. The van der Waals surface area contributed by atoms with Crippen molar-refractivity contribution in [3.05, 3.63) is 0 Å². The second-order valence-corrected chi connectivity index (χ2v) is 13.4. The Labute approximate surface area is 180 Å². The van der Waals surface area contributed by atoms with E-state index in [1.165, 1.54) is 109 Å². The molecule has 0 saturated carbocycles. The maximum Gasteiger partial charge on any atom is 0.185 e. The Kier molecular flexibility index (Phi) is 19.2. The normalized spacial score (nSPS) is 14.4. The summed E-state index contributed by atoms with van der Waals surface area (Å²) in [5.74, 6) is 0. The predicted molar refractivity (Wildman–Crippen MR) is 129 cm³/mol. The SMILES string of the molecule is CCCCCCCCCCCCCCCCCC[SiH](OC(C)OC)C(C)(C)C. The van der Waals surface area contributed by atoms with Crippen molar-refractivity contribution in [2.75, 3.05) is 7.11 Å². The Morgan fingerprint density at radius 1 is 0.643 bits per heavy atom. The zero-order chi connectivity index (χ0) is 21.1. The summed E-state index contributed by atoms with van der Waals surface area (Å²) in [7, 11) is 0.528. The molecule has 170 valence electrons. The van der Waals surface area contributed by atoms with E-state index in [-0.39, 0.29) is 6.29 Å². The van der Waals surface area contributed by atoms with Crippen LogP contribution in [0.1, 0.15) is 137 Å². The van der Waals surface area contributed by atoms with Gasteiger partial charge in [-0.25, -0.2) is 0 Å². The highest BCUT2D eigenvalue weighted by molar-refractivity contribution is 6.55. The molecule has 0 spiro atoms. The van der Waals surface area contributed by atoms with Crippen LogP contribution < -0.4 is 0 Å². The molecule has 0 aromatic heterocycles. The van der Waals surface area contributed by atoms with E-state index in [0.29, 0.717) is 5.04 Å². The van der Waals surface area contributed by atoms with Crippen molar-refractivity contribution in [1.29, 1.82) is 0 Å². The molecule has 0 aliphatic carbocycles. The van der Waals surface area contributed by atoms with Crippen LogP contribution in [0.4, 0.5) is 0 Å². The molecular formula is C25H54O2Si. The minimum absolute atomic E-state index is 0.0445. The van der Waals surface area contributed by atoms with Gasteiger partial charge in [-0.1, -0.05) is 130 Å². The molecule has 0 heterocycles. The van der Waals surface area contributed by atoms with Gasteiger partial charge >= 0.3 is 0 Å². The molecule has 0 rings (SSSR count). The van der Waals surface area contributed by atoms with Crippen molar-refractivity contribution in [3.63, 3.8) is 0 Å². The topological polar surface area (TPSA) is 18.5 Å². The first kappa shape index (κ1) is 28.1. The fraction of sp³-hybridized carbons (Fsp3) is 1.00. The summed E-state index contributed by atoms with van der Waals surface area (Å²) >= 11 is 0. The van der Waals surface area contributed by atoms with Gasteiger partial charge in [0.15, 0.2) is 9.04 Å². The number of ether oxygens (including phenoxy) is 1.